The summed E-state index contributed by atoms with van der Waals surface area (Å²) in [7, 11) is 0. The Morgan fingerprint density at radius 2 is 1.83 bits per heavy atom. The number of nitrogens with one attached hydrogen (secondary N) is 2. The van der Waals surface area contributed by atoms with E-state index in [-0.39, 0.29) is 5.91 Å². The summed E-state index contributed by atoms with van der Waals surface area (Å²) in [6, 6.07) is -0.768. The fraction of sp³-hybridized carbons (Fsp3) is 0.714. The van der Waals surface area contributed by atoms with Gasteiger partial charge < -0.3 is 5.73 Å². The smallest absolute Gasteiger partial charge is 0.330 e. The molecule has 0 spiro atoms. The minimum atomic E-state index is -0.768. The molecule has 0 radical (unpaired) electrons. The molecule has 0 aliphatic heterocycles. The van der Waals surface area contributed by atoms with E-state index in [2.05, 4.69) is 5.43 Å². The molecular weight excluding hydrogens is 158 g/mol. The third-order valence-corrected chi connectivity index (χ3v) is 1.80. The number of hydrazine groups is 1. The largest absolute Gasteiger partial charge is 0.350 e. The van der Waals surface area contributed by atoms with Gasteiger partial charge in [-0.2, -0.15) is 0 Å². The lowest BCUT2D eigenvalue weighted by molar-refractivity contribution is -0.130. The van der Waals surface area contributed by atoms with Gasteiger partial charge in [0.25, 0.3) is 0 Å². The zero-order valence-electron chi connectivity index (χ0n) is 7.60. The number of hydrogen-bond acceptors (Lipinski definition) is 2. The number of nitrogens with two attached hydrogens (primary N) is 1. The number of carbonyl (C=O) groups is 2. The normalized spacial score (nSPS) is 10.6. The van der Waals surface area contributed by atoms with Gasteiger partial charge in [-0.1, -0.05) is 20.8 Å². The highest BCUT2D eigenvalue weighted by Gasteiger charge is 2.25. The molecule has 4 N–H and O–H groups in total. The highest BCUT2D eigenvalue weighted by Crippen LogP contribution is 2.18. The van der Waals surface area contributed by atoms with Crippen LogP contribution in [0.15, 0.2) is 0 Å². The first-order valence-corrected chi connectivity index (χ1v) is 3.76. The predicted molar refractivity (Wildman–Crippen MR) is 44.9 cm³/mol. The van der Waals surface area contributed by atoms with E-state index < -0.39 is 11.4 Å². The summed E-state index contributed by atoms with van der Waals surface area (Å²) >= 11 is 0. The van der Waals surface area contributed by atoms with Crippen molar-refractivity contribution in [3.63, 3.8) is 0 Å². The van der Waals surface area contributed by atoms with E-state index in [9.17, 15) is 9.59 Å². The maximum atomic E-state index is 11.2. The van der Waals surface area contributed by atoms with E-state index in [1.807, 2.05) is 12.3 Å². The number of rotatable bonds is 2. The van der Waals surface area contributed by atoms with Crippen LogP contribution >= 0.6 is 0 Å². The summed E-state index contributed by atoms with van der Waals surface area (Å²) in [4.78, 5) is 21.4. The molecular formula is C7H15N3O2. The van der Waals surface area contributed by atoms with E-state index in [1.165, 1.54) is 0 Å². The van der Waals surface area contributed by atoms with Crippen molar-refractivity contribution in [1.29, 1.82) is 0 Å². The van der Waals surface area contributed by atoms with Crippen LogP contribution in [0.3, 0.4) is 0 Å². The molecule has 12 heavy (non-hydrogen) atoms. The lowest BCUT2D eigenvalue weighted by Gasteiger charge is -2.20. The van der Waals surface area contributed by atoms with Crippen LogP contribution in [0, 0.1) is 5.41 Å². The Labute approximate surface area is 71.7 Å². The van der Waals surface area contributed by atoms with Crippen LogP contribution in [0.2, 0.25) is 0 Å². The average molecular weight is 173 g/mol. The molecule has 70 valence electrons. The third-order valence-electron chi connectivity index (χ3n) is 1.80. The van der Waals surface area contributed by atoms with E-state index >= 15 is 0 Å². The Balaban J connectivity index is 3.96. The fourth-order valence-electron chi connectivity index (χ4n) is 0.448. The van der Waals surface area contributed by atoms with Crippen molar-refractivity contribution in [1.82, 2.24) is 10.9 Å². The number of carbonyl (C=O) groups excluding carboxylic acids is 2. The minimum Gasteiger partial charge on any atom is -0.350 e. The molecule has 3 amide bonds. The van der Waals surface area contributed by atoms with Gasteiger partial charge in [0, 0.05) is 5.41 Å². The van der Waals surface area contributed by atoms with Crippen LogP contribution < -0.4 is 16.6 Å². The van der Waals surface area contributed by atoms with E-state index in [0.717, 1.165) is 0 Å². The first-order valence-electron chi connectivity index (χ1n) is 3.76. The lowest BCUT2D eigenvalue weighted by Crippen LogP contribution is -2.49. The van der Waals surface area contributed by atoms with E-state index in [1.54, 1.807) is 13.8 Å². The maximum Gasteiger partial charge on any atom is 0.330 e. The Hall–Kier alpha value is -1.26. The second kappa shape index (κ2) is 3.94. The van der Waals surface area contributed by atoms with Gasteiger partial charge in [0.05, 0.1) is 0 Å². The highest BCUT2D eigenvalue weighted by atomic mass is 16.2. The molecule has 0 aliphatic carbocycles. The summed E-state index contributed by atoms with van der Waals surface area (Å²) < 4.78 is 0. The van der Waals surface area contributed by atoms with Crippen molar-refractivity contribution in [2.45, 2.75) is 27.2 Å². The molecule has 5 nitrogen and oxygen atoms in total. The summed E-state index contributed by atoms with van der Waals surface area (Å²) in [5.74, 6) is -0.246. The van der Waals surface area contributed by atoms with Gasteiger partial charge in [-0.3, -0.25) is 10.2 Å². The fourth-order valence-corrected chi connectivity index (χ4v) is 0.448. The van der Waals surface area contributed by atoms with Crippen molar-refractivity contribution in [3.05, 3.63) is 0 Å². The molecule has 0 rings (SSSR count). The second-order valence-corrected chi connectivity index (χ2v) is 3.18. The third kappa shape index (κ3) is 3.23. The Morgan fingerprint density at radius 1 is 1.33 bits per heavy atom. The number of primary amides is 1. The van der Waals surface area contributed by atoms with Crippen molar-refractivity contribution >= 4 is 11.9 Å². The number of amides is 3. The molecule has 0 fully saturated rings. The predicted octanol–water partition coefficient (Wildman–Crippen LogP) is 0.122. The molecule has 0 heterocycles. The summed E-state index contributed by atoms with van der Waals surface area (Å²) in [5, 5.41) is 0. The molecule has 0 saturated carbocycles. The van der Waals surface area contributed by atoms with Crippen LogP contribution in [-0.4, -0.2) is 11.9 Å². The maximum absolute atomic E-state index is 11.2. The van der Waals surface area contributed by atoms with E-state index in [4.69, 9.17) is 5.73 Å². The molecule has 0 aromatic carbocycles. The Kier molecular flexibility index (Phi) is 3.53. The molecule has 0 aliphatic rings. The van der Waals surface area contributed by atoms with E-state index in [0.29, 0.717) is 6.42 Å². The van der Waals surface area contributed by atoms with Crippen molar-refractivity contribution in [2.75, 3.05) is 0 Å². The Morgan fingerprint density at radius 3 is 2.17 bits per heavy atom. The Bertz CT molecular complexity index is 189. The van der Waals surface area contributed by atoms with Crippen LogP contribution in [-0.2, 0) is 4.79 Å². The number of urea groups is 1. The molecule has 0 aromatic rings. The lowest BCUT2D eigenvalue weighted by atomic mass is 9.90. The summed E-state index contributed by atoms with van der Waals surface area (Å²) in [5.41, 5.74) is 8.51. The first-order chi connectivity index (χ1) is 5.40. The highest BCUT2D eigenvalue weighted by molar-refractivity contribution is 5.84. The van der Waals surface area contributed by atoms with Crippen LogP contribution in [0.25, 0.3) is 0 Å². The van der Waals surface area contributed by atoms with Crippen molar-refractivity contribution < 1.29 is 9.59 Å². The second-order valence-electron chi connectivity index (χ2n) is 3.18. The van der Waals surface area contributed by atoms with Gasteiger partial charge in [-0.15, -0.1) is 0 Å². The summed E-state index contributed by atoms with van der Waals surface area (Å²) in [6.45, 7) is 5.46. The summed E-state index contributed by atoms with van der Waals surface area (Å²) in [6.07, 6.45) is 0.694. The quantitative estimate of drug-likeness (QED) is 0.518. The van der Waals surface area contributed by atoms with Crippen molar-refractivity contribution in [3.8, 4) is 0 Å². The number of hydrogen-bond donors (Lipinski definition) is 3. The molecule has 5 heteroatoms. The van der Waals surface area contributed by atoms with Gasteiger partial charge in [-0.25, -0.2) is 10.2 Å². The minimum absolute atomic E-state index is 0.246. The van der Waals surface area contributed by atoms with Gasteiger partial charge >= 0.3 is 6.03 Å². The zero-order chi connectivity index (χ0) is 9.78. The molecule has 0 saturated heterocycles. The van der Waals surface area contributed by atoms with Crippen molar-refractivity contribution in [2.24, 2.45) is 11.1 Å². The monoisotopic (exact) mass is 173 g/mol. The van der Waals surface area contributed by atoms with Gasteiger partial charge in [0.2, 0.25) is 5.91 Å². The van der Waals surface area contributed by atoms with Gasteiger partial charge in [0.1, 0.15) is 0 Å². The van der Waals surface area contributed by atoms with Crippen LogP contribution in [0.5, 0.6) is 0 Å². The zero-order valence-corrected chi connectivity index (χ0v) is 7.60. The molecule has 0 atom stereocenters. The molecule has 0 bridgehead atoms. The standard InChI is InChI=1S/C7H15N3O2/c1-4-7(2,3)5(11)9-10-6(8)12/h4H2,1-3H3,(H,9,11)(H3,8,10,12). The molecule has 0 unspecified atom stereocenters. The van der Waals surface area contributed by atoms with Crippen LogP contribution in [0.4, 0.5) is 4.79 Å². The van der Waals surface area contributed by atoms with Crippen LogP contribution in [0.1, 0.15) is 27.2 Å². The van der Waals surface area contributed by atoms with Gasteiger partial charge in [0.15, 0.2) is 0 Å². The SMILES string of the molecule is CCC(C)(C)C(=O)NNC(N)=O. The first kappa shape index (κ1) is 10.7. The molecule has 0 aromatic heterocycles. The average Bonchev–Trinajstić information content (AvgIpc) is 2.00. The topological polar surface area (TPSA) is 84.2 Å². The van der Waals surface area contributed by atoms with Gasteiger partial charge in [-0.05, 0) is 6.42 Å².